The molecule has 0 fully saturated rings. The van der Waals surface area contributed by atoms with Crippen molar-refractivity contribution in [2.24, 2.45) is 0 Å². The van der Waals surface area contributed by atoms with Crippen LogP contribution in [0.1, 0.15) is 5.69 Å². The van der Waals surface area contributed by atoms with Gasteiger partial charge in [-0.1, -0.05) is 17.7 Å². The third-order valence-corrected chi connectivity index (χ3v) is 3.48. The lowest BCUT2D eigenvalue weighted by Gasteiger charge is -2.05. The number of benzene rings is 1. The first-order chi connectivity index (χ1) is 9.97. The van der Waals surface area contributed by atoms with Crippen molar-refractivity contribution in [3.63, 3.8) is 0 Å². The average molecular weight is 304 g/mol. The van der Waals surface area contributed by atoms with Crippen LogP contribution in [-0.2, 0) is 0 Å². The van der Waals surface area contributed by atoms with Gasteiger partial charge in [-0.3, -0.25) is 0 Å². The van der Waals surface area contributed by atoms with Gasteiger partial charge in [0.1, 0.15) is 10.9 Å². The molecule has 2 aromatic heterocycles. The summed E-state index contributed by atoms with van der Waals surface area (Å²) < 4.78 is 0.927. The predicted octanol–water partition coefficient (Wildman–Crippen LogP) is 3.29. The van der Waals surface area contributed by atoms with E-state index in [1.807, 2.05) is 0 Å². The molecule has 106 valence electrons. The number of aromatic nitrogens is 3. The minimum atomic E-state index is -1.14. The molecule has 3 aromatic rings. The van der Waals surface area contributed by atoms with Crippen LogP contribution in [0.15, 0.2) is 30.5 Å². The van der Waals surface area contributed by atoms with Crippen molar-refractivity contribution in [2.75, 3.05) is 0 Å². The Bertz CT molecular complexity index is 873. The van der Waals surface area contributed by atoms with Crippen LogP contribution in [0, 0.1) is 6.92 Å². The monoisotopic (exact) mass is 303 g/mol. The Labute approximate surface area is 124 Å². The second kappa shape index (κ2) is 4.75. The molecule has 0 unspecified atom stereocenters. The summed E-state index contributed by atoms with van der Waals surface area (Å²) in [5, 5.41) is 23.6. The number of rotatable bonds is 1. The van der Waals surface area contributed by atoms with Crippen LogP contribution in [0.4, 0.5) is 4.79 Å². The minimum absolute atomic E-state index is 0.00690. The van der Waals surface area contributed by atoms with Crippen molar-refractivity contribution >= 4 is 28.6 Å². The topological polar surface area (TPSA) is 88.2 Å². The largest absolute Gasteiger partial charge is 0.506 e. The molecule has 0 saturated heterocycles. The minimum Gasteiger partial charge on any atom is -0.506 e. The van der Waals surface area contributed by atoms with Crippen molar-refractivity contribution in [2.45, 2.75) is 6.92 Å². The molecule has 0 spiro atoms. The highest BCUT2D eigenvalue weighted by molar-refractivity contribution is 6.32. The number of carbonyl (C=O) groups is 1. The van der Waals surface area contributed by atoms with Crippen LogP contribution in [0.2, 0.25) is 5.15 Å². The third kappa shape index (κ3) is 2.19. The Balaban J connectivity index is 2.24. The van der Waals surface area contributed by atoms with Crippen molar-refractivity contribution in [1.29, 1.82) is 0 Å². The van der Waals surface area contributed by atoms with Crippen LogP contribution in [0.25, 0.3) is 22.0 Å². The van der Waals surface area contributed by atoms with E-state index in [-0.39, 0.29) is 10.9 Å². The van der Waals surface area contributed by atoms with Gasteiger partial charge in [0.25, 0.3) is 0 Å². The van der Waals surface area contributed by atoms with Gasteiger partial charge in [-0.25, -0.2) is 9.78 Å². The quantitative estimate of drug-likeness (QED) is 0.673. The Morgan fingerprint density at radius 3 is 2.81 bits per heavy atom. The van der Waals surface area contributed by atoms with Crippen LogP contribution in [-0.4, -0.2) is 31.1 Å². The van der Waals surface area contributed by atoms with E-state index in [0.717, 1.165) is 10.2 Å². The van der Waals surface area contributed by atoms with Gasteiger partial charge in [-0.05, 0) is 30.7 Å². The number of nitrogens with zero attached hydrogens (tertiary/aromatic N) is 3. The average Bonchev–Trinajstić information content (AvgIpc) is 2.79. The normalized spacial score (nSPS) is 11.0. The molecule has 3 rings (SSSR count). The van der Waals surface area contributed by atoms with E-state index in [0.29, 0.717) is 22.2 Å². The first-order valence-corrected chi connectivity index (χ1v) is 6.42. The molecule has 0 amide bonds. The van der Waals surface area contributed by atoms with E-state index in [2.05, 4.69) is 10.1 Å². The zero-order valence-electron chi connectivity index (χ0n) is 10.9. The summed E-state index contributed by atoms with van der Waals surface area (Å²) in [7, 11) is 0. The maximum Gasteiger partial charge on any atom is 0.432 e. The van der Waals surface area contributed by atoms with Gasteiger partial charge in [0.2, 0.25) is 0 Å². The number of pyridine rings is 1. The molecular formula is C14H10ClN3O3. The van der Waals surface area contributed by atoms with Crippen LogP contribution in [0.5, 0.6) is 5.75 Å². The van der Waals surface area contributed by atoms with Gasteiger partial charge in [-0.15, -0.1) is 0 Å². The third-order valence-electron chi connectivity index (χ3n) is 3.18. The van der Waals surface area contributed by atoms with Crippen LogP contribution >= 0.6 is 11.6 Å². The fourth-order valence-corrected chi connectivity index (χ4v) is 2.43. The molecule has 0 bridgehead atoms. The first-order valence-electron chi connectivity index (χ1n) is 6.05. The number of carboxylic acid groups (broad SMARTS) is 1. The summed E-state index contributed by atoms with van der Waals surface area (Å²) in [4.78, 5) is 15.0. The SMILES string of the molecule is Cc1nn(C(=O)O)c2ccc(-c3cc(O)cnc3Cl)cc12. The summed E-state index contributed by atoms with van der Waals surface area (Å²) in [6.07, 6.45) is 0.121. The number of hydrogen-bond acceptors (Lipinski definition) is 4. The van der Waals surface area contributed by atoms with Gasteiger partial charge in [0.05, 0.1) is 17.4 Å². The summed E-state index contributed by atoms with van der Waals surface area (Å²) in [5.41, 5.74) is 2.39. The molecule has 2 heterocycles. The van der Waals surface area contributed by atoms with Crippen LogP contribution in [0.3, 0.4) is 0 Å². The molecule has 0 aliphatic carbocycles. The first kappa shape index (κ1) is 13.4. The predicted molar refractivity (Wildman–Crippen MR) is 77.8 cm³/mol. The molecule has 0 atom stereocenters. The van der Waals surface area contributed by atoms with Gasteiger partial charge >= 0.3 is 6.09 Å². The summed E-state index contributed by atoms with van der Waals surface area (Å²) in [6.45, 7) is 1.73. The molecule has 1 aromatic carbocycles. The molecule has 2 N–H and O–H groups in total. The molecule has 0 aliphatic rings. The van der Waals surface area contributed by atoms with E-state index >= 15 is 0 Å². The zero-order valence-corrected chi connectivity index (χ0v) is 11.7. The number of fused-ring (bicyclic) bond motifs is 1. The van der Waals surface area contributed by atoms with Crippen molar-refractivity contribution in [1.82, 2.24) is 14.8 Å². The summed E-state index contributed by atoms with van der Waals surface area (Å²) in [6, 6.07) is 6.65. The van der Waals surface area contributed by atoms with Gasteiger partial charge in [0.15, 0.2) is 0 Å². The highest BCUT2D eigenvalue weighted by Crippen LogP contribution is 2.32. The zero-order chi connectivity index (χ0) is 15.1. The van der Waals surface area contributed by atoms with Crippen molar-refractivity contribution < 1.29 is 15.0 Å². The maximum atomic E-state index is 11.1. The molecule has 0 aliphatic heterocycles. The Morgan fingerprint density at radius 1 is 1.33 bits per heavy atom. The lowest BCUT2D eigenvalue weighted by molar-refractivity contribution is 0.194. The number of aryl methyl sites for hydroxylation is 1. The Morgan fingerprint density at radius 2 is 2.10 bits per heavy atom. The van der Waals surface area contributed by atoms with Crippen molar-refractivity contribution in [3.05, 3.63) is 41.3 Å². The van der Waals surface area contributed by atoms with E-state index in [9.17, 15) is 9.90 Å². The molecular weight excluding hydrogens is 294 g/mol. The smallest absolute Gasteiger partial charge is 0.432 e. The van der Waals surface area contributed by atoms with E-state index in [1.54, 1.807) is 25.1 Å². The molecule has 21 heavy (non-hydrogen) atoms. The highest BCUT2D eigenvalue weighted by Gasteiger charge is 2.14. The fourth-order valence-electron chi connectivity index (χ4n) is 2.22. The molecule has 6 nitrogen and oxygen atoms in total. The van der Waals surface area contributed by atoms with Gasteiger partial charge < -0.3 is 10.2 Å². The molecule has 0 saturated carbocycles. The lowest BCUT2D eigenvalue weighted by Crippen LogP contribution is -2.09. The Hall–Kier alpha value is -2.60. The lowest BCUT2D eigenvalue weighted by atomic mass is 10.0. The maximum absolute atomic E-state index is 11.1. The number of hydrogen-bond donors (Lipinski definition) is 2. The second-order valence-corrected chi connectivity index (χ2v) is 4.90. The number of aromatic hydroxyl groups is 1. The summed E-state index contributed by atoms with van der Waals surface area (Å²) >= 11 is 6.04. The standard InChI is InChI=1S/C14H10ClN3O3/c1-7-10-4-8(11-5-9(19)6-16-13(11)15)2-3-12(10)18(17-7)14(20)21/h2-6,19H,1H3,(H,20,21). The number of halogens is 1. The second-order valence-electron chi connectivity index (χ2n) is 4.54. The molecule has 7 heteroatoms. The van der Waals surface area contributed by atoms with Crippen molar-refractivity contribution in [3.8, 4) is 16.9 Å². The molecule has 0 radical (unpaired) electrons. The van der Waals surface area contributed by atoms with Gasteiger partial charge in [-0.2, -0.15) is 9.78 Å². The fraction of sp³-hybridized carbons (Fsp3) is 0.0714. The van der Waals surface area contributed by atoms with E-state index in [4.69, 9.17) is 16.7 Å². The highest BCUT2D eigenvalue weighted by atomic mass is 35.5. The van der Waals surface area contributed by atoms with Crippen LogP contribution < -0.4 is 0 Å². The van der Waals surface area contributed by atoms with Gasteiger partial charge in [0, 0.05) is 10.9 Å². The van der Waals surface area contributed by atoms with E-state index < -0.39 is 6.09 Å². The summed E-state index contributed by atoms with van der Waals surface area (Å²) in [5.74, 6) is 0.00690. The Kier molecular flexibility index (Phi) is 3.03. The van der Waals surface area contributed by atoms with E-state index in [1.165, 1.54) is 12.3 Å².